The van der Waals surface area contributed by atoms with Crippen molar-refractivity contribution in [2.45, 2.75) is 43.2 Å². The molecule has 12 nitrogen and oxygen atoms in total. The van der Waals surface area contributed by atoms with Gasteiger partial charge in [0, 0.05) is 18.5 Å². The zero-order chi connectivity index (χ0) is 23.0. The molecule has 9 N–H and O–H groups in total. The van der Waals surface area contributed by atoms with Gasteiger partial charge in [-0.05, 0) is 25.0 Å². The molecule has 170 valence electrons. The Balaban J connectivity index is 1.86. The van der Waals surface area contributed by atoms with Gasteiger partial charge in [0.15, 0.2) is 0 Å². The van der Waals surface area contributed by atoms with E-state index in [1.165, 1.54) is 0 Å². The van der Waals surface area contributed by atoms with Crippen molar-refractivity contribution in [2.75, 3.05) is 13.2 Å². The average Bonchev–Trinajstić information content (AvgIpc) is 3.02. The molecule has 1 heterocycles. The topological polar surface area (TPSA) is 207 Å². The van der Waals surface area contributed by atoms with Gasteiger partial charge in [-0.25, -0.2) is 0 Å². The number of amides is 3. The van der Waals surface area contributed by atoms with Crippen molar-refractivity contribution in [3.63, 3.8) is 0 Å². The van der Waals surface area contributed by atoms with Crippen molar-refractivity contribution in [2.24, 2.45) is 10.7 Å². The quantitative estimate of drug-likeness (QED) is 0.166. The van der Waals surface area contributed by atoms with Crippen molar-refractivity contribution in [1.29, 1.82) is 0 Å². The van der Waals surface area contributed by atoms with Crippen LogP contribution in [0.5, 0.6) is 0 Å². The summed E-state index contributed by atoms with van der Waals surface area (Å²) >= 11 is 0. The van der Waals surface area contributed by atoms with E-state index in [0.717, 1.165) is 0 Å². The lowest BCUT2D eigenvalue weighted by molar-refractivity contribution is -0.143. The normalized spacial score (nSPS) is 22.3. The lowest BCUT2D eigenvalue weighted by Crippen LogP contribution is -2.51. The number of primary amides is 1. The van der Waals surface area contributed by atoms with Crippen LogP contribution in [0.25, 0.3) is 0 Å². The summed E-state index contributed by atoms with van der Waals surface area (Å²) in [5.41, 5.74) is 3.54. The van der Waals surface area contributed by atoms with Crippen LogP contribution in [0.2, 0.25) is 0 Å². The van der Waals surface area contributed by atoms with Crippen LogP contribution in [0.15, 0.2) is 35.3 Å². The second-order valence-corrected chi connectivity index (χ2v) is 7.13. The number of rotatable bonds is 11. The highest BCUT2D eigenvalue weighted by molar-refractivity contribution is 6.08. The number of carbonyl (C=O) groups excluding carboxylic acids is 3. The second kappa shape index (κ2) is 10.8. The van der Waals surface area contributed by atoms with E-state index in [2.05, 4.69) is 20.9 Å². The molecule has 1 aliphatic heterocycles. The molecule has 0 aliphatic carbocycles. The van der Waals surface area contributed by atoms with Gasteiger partial charge >= 0.3 is 0 Å². The maximum absolute atomic E-state index is 12.2. The van der Waals surface area contributed by atoms with Gasteiger partial charge in [-0.1, -0.05) is 18.2 Å². The van der Waals surface area contributed by atoms with Gasteiger partial charge in [0.25, 0.3) is 11.8 Å². The molecule has 1 fully saturated rings. The van der Waals surface area contributed by atoms with Gasteiger partial charge in [0.2, 0.25) is 17.6 Å². The van der Waals surface area contributed by atoms with Gasteiger partial charge < -0.3 is 36.8 Å². The molecule has 4 atom stereocenters. The summed E-state index contributed by atoms with van der Waals surface area (Å²) < 4.78 is 0. The molecule has 0 spiro atoms. The van der Waals surface area contributed by atoms with E-state index in [-0.39, 0.29) is 18.9 Å². The van der Waals surface area contributed by atoms with Crippen LogP contribution in [0, 0.1) is 0 Å². The summed E-state index contributed by atoms with van der Waals surface area (Å²) in [7, 11) is 0. The van der Waals surface area contributed by atoms with Gasteiger partial charge in [0.05, 0.1) is 12.7 Å². The lowest BCUT2D eigenvalue weighted by Gasteiger charge is -2.24. The van der Waals surface area contributed by atoms with Gasteiger partial charge in [-0.2, -0.15) is 0 Å². The summed E-state index contributed by atoms with van der Waals surface area (Å²) in [6, 6.07) is 7.44. The Bertz CT molecular complexity index is 819. The first-order valence-electron chi connectivity index (χ1n) is 9.65. The largest absolute Gasteiger partial charge is 0.394 e. The molecule has 0 saturated carbocycles. The fourth-order valence-electron chi connectivity index (χ4n) is 2.88. The summed E-state index contributed by atoms with van der Waals surface area (Å²) in [4.78, 5) is 39.9. The first-order chi connectivity index (χ1) is 14.7. The van der Waals surface area contributed by atoms with Crippen LogP contribution in [0.4, 0.5) is 0 Å². The Morgan fingerprint density at radius 1 is 1.19 bits per heavy atom. The molecule has 2 rings (SSSR count). The maximum Gasteiger partial charge on any atom is 0.279 e. The molecule has 0 bridgehead atoms. The van der Waals surface area contributed by atoms with Crippen LogP contribution in [-0.4, -0.2) is 81.2 Å². The van der Waals surface area contributed by atoms with E-state index in [1.54, 1.807) is 30.3 Å². The zero-order valence-electron chi connectivity index (χ0n) is 16.7. The third kappa shape index (κ3) is 6.72. The Hall–Kier alpha value is -3.06. The third-order valence-corrected chi connectivity index (χ3v) is 4.67. The van der Waals surface area contributed by atoms with Crippen LogP contribution in [0.3, 0.4) is 0 Å². The minimum atomic E-state index is -2.20. The highest BCUT2D eigenvalue weighted by Gasteiger charge is 2.45. The van der Waals surface area contributed by atoms with Crippen molar-refractivity contribution in [3.05, 3.63) is 35.9 Å². The Labute approximate surface area is 178 Å². The number of hydrogen-bond donors (Lipinski definition) is 8. The first kappa shape index (κ1) is 24.2. The van der Waals surface area contributed by atoms with Crippen LogP contribution < -0.4 is 21.7 Å². The van der Waals surface area contributed by atoms with Crippen molar-refractivity contribution >= 4 is 23.7 Å². The monoisotopic (exact) mass is 437 g/mol. The van der Waals surface area contributed by atoms with Gasteiger partial charge in [0.1, 0.15) is 12.1 Å². The number of aliphatic imine (C=N–C) groups is 1. The Morgan fingerprint density at radius 2 is 1.87 bits per heavy atom. The highest BCUT2D eigenvalue weighted by atomic mass is 16.4. The van der Waals surface area contributed by atoms with Gasteiger partial charge in [-0.3, -0.25) is 24.7 Å². The molecule has 31 heavy (non-hydrogen) atoms. The molecule has 0 aromatic heterocycles. The standard InChI is InChI=1S/C19H27N5O7/c20-15(28)12(22-16(29)11-5-2-1-3-6-11)7-4-8-21-18-23-17(30)19(31,24-18)9-13(26)14(27)10-25/h1-3,5-6,12-14,25-27,31H,4,7-10H2,(H2,20,28)(H,22,29)(H2,21,23,24,30). The summed E-state index contributed by atoms with van der Waals surface area (Å²) in [6.07, 6.45) is -3.11. The molecule has 3 amide bonds. The van der Waals surface area contributed by atoms with E-state index in [9.17, 15) is 29.7 Å². The second-order valence-electron chi connectivity index (χ2n) is 7.13. The van der Waals surface area contributed by atoms with E-state index in [4.69, 9.17) is 10.8 Å². The van der Waals surface area contributed by atoms with Crippen molar-refractivity contribution in [1.82, 2.24) is 16.0 Å². The first-order valence-corrected chi connectivity index (χ1v) is 9.65. The van der Waals surface area contributed by atoms with Crippen LogP contribution in [0.1, 0.15) is 29.6 Å². The smallest absolute Gasteiger partial charge is 0.279 e. The third-order valence-electron chi connectivity index (χ3n) is 4.67. The number of nitrogens with zero attached hydrogens (tertiary/aromatic N) is 1. The number of nitrogens with one attached hydrogen (secondary N) is 3. The summed E-state index contributed by atoms with van der Waals surface area (Å²) in [6.45, 7) is -0.604. The lowest BCUT2D eigenvalue weighted by atomic mass is 10.0. The van der Waals surface area contributed by atoms with Gasteiger partial charge in [-0.15, -0.1) is 0 Å². The molecule has 1 aliphatic rings. The molecule has 1 aromatic carbocycles. The number of guanidine groups is 1. The molecular weight excluding hydrogens is 410 g/mol. The highest BCUT2D eigenvalue weighted by Crippen LogP contribution is 2.16. The number of aliphatic hydroxyl groups is 4. The molecule has 1 aromatic rings. The van der Waals surface area contributed by atoms with E-state index >= 15 is 0 Å². The molecular formula is C19H27N5O7. The SMILES string of the molecule is NC(=O)C(CCCN=C1NC(=O)C(O)(CC(O)C(O)CO)N1)NC(=O)c1ccccc1. The molecule has 12 heteroatoms. The summed E-state index contributed by atoms with van der Waals surface area (Å²) in [5.74, 6) is -2.06. The zero-order valence-corrected chi connectivity index (χ0v) is 16.7. The molecule has 1 saturated heterocycles. The number of nitrogens with two attached hydrogens (primary N) is 1. The fraction of sp³-hybridized carbons (Fsp3) is 0.474. The maximum atomic E-state index is 12.2. The van der Waals surface area contributed by atoms with E-state index < -0.39 is 54.7 Å². The Morgan fingerprint density at radius 3 is 2.48 bits per heavy atom. The fourth-order valence-corrected chi connectivity index (χ4v) is 2.88. The Kier molecular flexibility index (Phi) is 8.45. The number of carbonyl (C=O) groups is 3. The minimum Gasteiger partial charge on any atom is -0.394 e. The van der Waals surface area contributed by atoms with E-state index in [1.807, 2.05) is 0 Å². The average molecular weight is 437 g/mol. The minimum absolute atomic E-state index is 0.0536. The summed E-state index contributed by atoms with van der Waals surface area (Å²) in [5, 5.41) is 45.5. The molecule has 4 unspecified atom stereocenters. The number of hydrogen-bond acceptors (Lipinski definition) is 8. The van der Waals surface area contributed by atoms with Crippen LogP contribution in [-0.2, 0) is 9.59 Å². The van der Waals surface area contributed by atoms with Crippen molar-refractivity contribution in [3.8, 4) is 0 Å². The predicted octanol–water partition coefficient (Wildman–Crippen LogP) is -3.08. The van der Waals surface area contributed by atoms with Crippen molar-refractivity contribution < 1.29 is 34.8 Å². The van der Waals surface area contributed by atoms with Crippen LogP contribution >= 0.6 is 0 Å². The number of aliphatic hydroxyl groups excluding tert-OH is 3. The molecule has 0 radical (unpaired) electrons. The number of benzene rings is 1. The predicted molar refractivity (Wildman–Crippen MR) is 108 cm³/mol. The van der Waals surface area contributed by atoms with E-state index in [0.29, 0.717) is 12.0 Å².